The Morgan fingerprint density at radius 1 is 1.21 bits per heavy atom. The molecule has 5 nitrogen and oxygen atoms in total. The van der Waals surface area contributed by atoms with E-state index < -0.39 is 6.10 Å². The topological polar surface area (TPSA) is 85.3 Å². The van der Waals surface area contributed by atoms with Crippen LogP contribution in [0.15, 0.2) is 36.4 Å². The summed E-state index contributed by atoms with van der Waals surface area (Å²) in [7, 11) is 0. The van der Waals surface area contributed by atoms with Crippen LogP contribution in [0.3, 0.4) is 0 Å². The van der Waals surface area contributed by atoms with Gasteiger partial charge in [0, 0.05) is 33.4 Å². The molecular weight excluding hydrogens is 328 g/mol. The maximum atomic E-state index is 12.2. The third-order valence-corrected chi connectivity index (χ3v) is 4.44. The number of rotatable bonds is 5. The Kier molecular flexibility index (Phi) is 4.76. The van der Waals surface area contributed by atoms with Gasteiger partial charge in [0.2, 0.25) is 5.91 Å². The normalized spacial score (nSPS) is 14.0. The monoisotopic (exact) mass is 346 g/mol. The molecule has 24 heavy (non-hydrogen) atoms. The number of aromatic amines is 1. The third-order valence-electron chi connectivity index (χ3n) is 4.20. The fraction of sp³-hybridized carbons (Fsp3) is 0.278. The maximum absolute atomic E-state index is 12.2. The van der Waals surface area contributed by atoms with Crippen molar-refractivity contribution in [2.75, 3.05) is 13.2 Å². The number of benzene rings is 2. The van der Waals surface area contributed by atoms with Crippen LogP contribution in [0.25, 0.3) is 21.8 Å². The first-order chi connectivity index (χ1) is 11.5. The number of H-pyrrole nitrogens is 1. The van der Waals surface area contributed by atoms with E-state index in [0.717, 1.165) is 27.4 Å². The van der Waals surface area contributed by atoms with Crippen molar-refractivity contribution in [1.29, 1.82) is 0 Å². The van der Waals surface area contributed by atoms with Crippen molar-refractivity contribution in [2.24, 2.45) is 0 Å². The molecule has 3 aromatic rings. The lowest BCUT2D eigenvalue weighted by molar-refractivity contribution is -0.122. The van der Waals surface area contributed by atoms with E-state index in [-0.39, 0.29) is 25.0 Å². The number of halogens is 1. The highest BCUT2D eigenvalue weighted by Gasteiger charge is 2.17. The Bertz CT molecular complexity index is 890. The quantitative estimate of drug-likeness (QED) is 0.572. The minimum atomic E-state index is -0.943. The fourth-order valence-electron chi connectivity index (χ4n) is 2.75. The SMILES string of the molecule is C[C@H](C(=O)NC[C@@H](O)CO)c1ccc2c(c1)[nH]c1ccc(Cl)cc12. The minimum absolute atomic E-state index is 0.0345. The average Bonchev–Trinajstić information content (AvgIpc) is 2.95. The fourth-order valence-corrected chi connectivity index (χ4v) is 2.92. The van der Waals surface area contributed by atoms with E-state index in [1.165, 1.54) is 0 Å². The van der Waals surface area contributed by atoms with Crippen molar-refractivity contribution in [3.63, 3.8) is 0 Å². The van der Waals surface area contributed by atoms with Gasteiger partial charge in [-0.05, 0) is 36.8 Å². The molecule has 0 saturated heterocycles. The highest BCUT2D eigenvalue weighted by molar-refractivity contribution is 6.31. The molecule has 0 aliphatic rings. The second-order valence-electron chi connectivity index (χ2n) is 5.92. The summed E-state index contributed by atoms with van der Waals surface area (Å²) in [6, 6.07) is 11.5. The largest absolute Gasteiger partial charge is 0.394 e. The van der Waals surface area contributed by atoms with Crippen LogP contribution in [-0.2, 0) is 4.79 Å². The molecule has 0 unspecified atom stereocenters. The zero-order chi connectivity index (χ0) is 17.3. The van der Waals surface area contributed by atoms with Crippen LogP contribution in [0.2, 0.25) is 5.02 Å². The van der Waals surface area contributed by atoms with E-state index in [2.05, 4.69) is 10.3 Å². The Labute approximate surface area is 144 Å². The Hall–Kier alpha value is -2.08. The lowest BCUT2D eigenvalue weighted by Crippen LogP contribution is -2.36. The number of carbonyl (C=O) groups excluding carboxylic acids is 1. The molecule has 1 aromatic heterocycles. The van der Waals surface area contributed by atoms with E-state index in [4.69, 9.17) is 16.7 Å². The molecule has 0 aliphatic heterocycles. The summed E-state index contributed by atoms with van der Waals surface area (Å²) < 4.78 is 0. The molecule has 0 spiro atoms. The van der Waals surface area contributed by atoms with E-state index in [1.807, 2.05) is 36.4 Å². The molecule has 3 rings (SSSR count). The van der Waals surface area contributed by atoms with Crippen molar-refractivity contribution < 1.29 is 15.0 Å². The predicted octanol–water partition coefficient (Wildman–Crippen LogP) is 2.55. The summed E-state index contributed by atoms with van der Waals surface area (Å²) in [5.41, 5.74) is 2.81. The van der Waals surface area contributed by atoms with Gasteiger partial charge in [-0.25, -0.2) is 0 Å². The van der Waals surface area contributed by atoms with Gasteiger partial charge in [0.1, 0.15) is 0 Å². The first-order valence-electron chi connectivity index (χ1n) is 7.77. The second-order valence-corrected chi connectivity index (χ2v) is 6.36. The van der Waals surface area contributed by atoms with Crippen molar-refractivity contribution in [2.45, 2.75) is 18.9 Å². The summed E-state index contributed by atoms with van der Waals surface area (Å²) in [4.78, 5) is 15.5. The molecule has 2 atom stereocenters. The first kappa shape index (κ1) is 16.8. The molecule has 1 heterocycles. The molecular formula is C18H19ClN2O3. The van der Waals surface area contributed by atoms with Crippen LogP contribution in [0.5, 0.6) is 0 Å². The number of aliphatic hydroxyl groups excluding tert-OH is 2. The van der Waals surface area contributed by atoms with Gasteiger partial charge in [-0.2, -0.15) is 0 Å². The Morgan fingerprint density at radius 3 is 2.75 bits per heavy atom. The van der Waals surface area contributed by atoms with Gasteiger partial charge >= 0.3 is 0 Å². The van der Waals surface area contributed by atoms with Crippen LogP contribution in [-0.4, -0.2) is 40.4 Å². The lowest BCUT2D eigenvalue weighted by Gasteiger charge is -2.14. The Balaban J connectivity index is 1.87. The van der Waals surface area contributed by atoms with Crippen molar-refractivity contribution >= 4 is 39.3 Å². The molecule has 0 radical (unpaired) electrons. The number of nitrogens with one attached hydrogen (secondary N) is 2. The predicted molar refractivity (Wildman–Crippen MR) is 95.3 cm³/mol. The minimum Gasteiger partial charge on any atom is -0.394 e. The summed E-state index contributed by atoms with van der Waals surface area (Å²) >= 11 is 6.07. The standard InChI is InChI=1S/C18H19ClN2O3/c1-10(18(24)20-8-13(23)9-22)11-2-4-14-15-7-12(19)3-5-16(15)21-17(14)6-11/h2-7,10,13,21-23H,8-9H2,1H3,(H,20,24)/t10-,13+/m0/s1. The molecule has 1 amide bonds. The maximum Gasteiger partial charge on any atom is 0.227 e. The van der Waals surface area contributed by atoms with Crippen LogP contribution >= 0.6 is 11.6 Å². The van der Waals surface area contributed by atoms with Crippen LogP contribution in [0.1, 0.15) is 18.4 Å². The molecule has 126 valence electrons. The highest BCUT2D eigenvalue weighted by atomic mass is 35.5. The van der Waals surface area contributed by atoms with Crippen LogP contribution in [0.4, 0.5) is 0 Å². The van der Waals surface area contributed by atoms with E-state index in [0.29, 0.717) is 5.02 Å². The number of amides is 1. The molecule has 0 saturated carbocycles. The summed E-state index contributed by atoms with van der Waals surface area (Å²) in [6.45, 7) is 1.46. The molecule has 0 fully saturated rings. The van der Waals surface area contributed by atoms with E-state index >= 15 is 0 Å². The van der Waals surface area contributed by atoms with Gasteiger partial charge in [-0.3, -0.25) is 4.79 Å². The van der Waals surface area contributed by atoms with Gasteiger partial charge in [0.05, 0.1) is 18.6 Å². The van der Waals surface area contributed by atoms with Crippen molar-refractivity contribution in [3.05, 3.63) is 47.0 Å². The lowest BCUT2D eigenvalue weighted by atomic mass is 9.98. The molecule has 2 aromatic carbocycles. The van der Waals surface area contributed by atoms with Crippen LogP contribution < -0.4 is 5.32 Å². The van der Waals surface area contributed by atoms with Gasteiger partial charge < -0.3 is 20.5 Å². The number of carbonyl (C=O) groups is 1. The molecule has 6 heteroatoms. The number of hydrogen-bond donors (Lipinski definition) is 4. The highest BCUT2D eigenvalue weighted by Crippen LogP contribution is 2.30. The summed E-state index contributed by atoms with van der Waals surface area (Å²) in [5.74, 6) is -0.559. The second kappa shape index (κ2) is 6.81. The van der Waals surface area contributed by atoms with Gasteiger partial charge in [0.25, 0.3) is 0 Å². The zero-order valence-electron chi connectivity index (χ0n) is 13.2. The smallest absolute Gasteiger partial charge is 0.227 e. The van der Waals surface area contributed by atoms with Gasteiger partial charge in [-0.15, -0.1) is 0 Å². The van der Waals surface area contributed by atoms with E-state index in [1.54, 1.807) is 6.92 Å². The number of aromatic nitrogens is 1. The van der Waals surface area contributed by atoms with Crippen molar-refractivity contribution in [3.8, 4) is 0 Å². The first-order valence-corrected chi connectivity index (χ1v) is 8.15. The van der Waals surface area contributed by atoms with Crippen molar-refractivity contribution in [1.82, 2.24) is 10.3 Å². The van der Waals surface area contributed by atoms with Crippen LogP contribution in [0, 0.1) is 0 Å². The molecule has 4 N–H and O–H groups in total. The van der Waals surface area contributed by atoms with Gasteiger partial charge in [0.15, 0.2) is 0 Å². The van der Waals surface area contributed by atoms with Gasteiger partial charge in [-0.1, -0.05) is 23.7 Å². The zero-order valence-corrected chi connectivity index (χ0v) is 14.0. The number of aliphatic hydroxyl groups is 2. The number of fused-ring (bicyclic) bond motifs is 3. The third kappa shape index (κ3) is 3.24. The summed E-state index contributed by atoms with van der Waals surface area (Å²) in [5, 5.41) is 23.5. The molecule has 0 aliphatic carbocycles. The van der Waals surface area contributed by atoms with E-state index in [9.17, 15) is 9.90 Å². The Morgan fingerprint density at radius 2 is 2.00 bits per heavy atom. The average molecular weight is 347 g/mol. The summed E-state index contributed by atoms with van der Waals surface area (Å²) in [6.07, 6.45) is -0.943. The molecule has 0 bridgehead atoms. The number of hydrogen-bond acceptors (Lipinski definition) is 3.